The van der Waals surface area contributed by atoms with Gasteiger partial charge in [-0.1, -0.05) is 11.6 Å². The van der Waals surface area contributed by atoms with Gasteiger partial charge in [-0.3, -0.25) is 4.79 Å². The van der Waals surface area contributed by atoms with Crippen molar-refractivity contribution in [2.24, 2.45) is 0 Å². The van der Waals surface area contributed by atoms with E-state index in [1.165, 1.54) is 0 Å². The molecule has 14 heavy (non-hydrogen) atoms. The molecule has 0 aliphatic rings. The molecule has 0 amide bonds. The fraction of sp³-hybridized carbons (Fsp3) is 0.222. The smallest absolute Gasteiger partial charge is 0.265 e. The topological polar surface area (TPSA) is 37.3 Å². The number of phenolic OH excluding ortho intramolecular Hbond substituents is 1. The Hall–Kier alpha value is -1.16. The zero-order chi connectivity index (χ0) is 10.9. The van der Waals surface area contributed by atoms with Crippen molar-refractivity contribution in [2.45, 2.75) is 13.3 Å². The zero-order valence-electron chi connectivity index (χ0n) is 7.22. The lowest BCUT2D eigenvalue weighted by Crippen LogP contribution is -2.00. The number of carbonyl (C=O) groups excluding carboxylic acids is 1. The Morgan fingerprint density at radius 1 is 1.50 bits per heavy atom. The molecule has 76 valence electrons. The molecule has 0 spiro atoms. The molecule has 1 aromatic rings. The monoisotopic (exact) mass is 220 g/mol. The fourth-order valence-electron chi connectivity index (χ4n) is 1.12. The van der Waals surface area contributed by atoms with Crippen molar-refractivity contribution in [1.82, 2.24) is 0 Å². The third-order valence-corrected chi connectivity index (χ3v) is 2.02. The van der Waals surface area contributed by atoms with Crippen LogP contribution < -0.4 is 0 Å². The van der Waals surface area contributed by atoms with Crippen molar-refractivity contribution in [3.63, 3.8) is 0 Å². The first-order chi connectivity index (χ1) is 6.43. The highest BCUT2D eigenvalue weighted by molar-refractivity contribution is 6.32. The largest absolute Gasteiger partial charge is 0.508 e. The van der Waals surface area contributed by atoms with E-state index < -0.39 is 17.8 Å². The number of hydrogen-bond acceptors (Lipinski definition) is 2. The molecule has 0 radical (unpaired) electrons. The lowest BCUT2D eigenvalue weighted by atomic mass is 10.0. The van der Waals surface area contributed by atoms with E-state index in [-0.39, 0.29) is 16.3 Å². The second-order valence-electron chi connectivity index (χ2n) is 2.75. The number of rotatable bonds is 2. The second kappa shape index (κ2) is 3.92. The van der Waals surface area contributed by atoms with Crippen LogP contribution in [0.4, 0.5) is 8.78 Å². The lowest BCUT2D eigenvalue weighted by molar-refractivity contribution is 0.0998. The van der Waals surface area contributed by atoms with Crippen LogP contribution in [-0.4, -0.2) is 10.9 Å². The van der Waals surface area contributed by atoms with Gasteiger partial charge in [0.1, 0.15) is 5.75 Å². The molecule has 0 aliphatic heterocycles. The van der Waals surface area contributed by atoms with E-state index in [2.05, 4.69) is 0 Å². The van der Waals surface area contributed by atoms with Gasteiger partial charge in [-0.25, -0.2) is 8.78 Å². The van der Waals surface area contributed by atoms with Gasteiger partial charge in [0.05, 0.1) is 5.02 Å². The first-order valence-electron chi connectivity index (χ1n) is 3.75. The molecule has 0 heterocycles. The van der Waals surface area contributed by atoms with Crippen LogP contribution in [0.15, 0.2) is 12.1 Å². The summed E-state index contributed by atoms with van der Waals surface area (Å²) in [5.41, 5.74) is -0.776. The highest BCUT2D eigenvalue weighted by atomic mass is 35.5. The first kappa shape index (κ1) is 10.9. The SMILES string of the molecule is CC(=O)c1cc(O)cc(Cl)c1C(F)F. The number of benzene rings is 1. The summed E-state index contributed by atoms with van der Waals surface area (Å²) in [4.78, 5) is 11.0. The summed E-state index contributed by atoms with van der Waals surface area (Å²) < 4.78 is 24.9. The van der Waals surface area contributed by atoms with Gasteiger partial charge in [-0.2, -0.15) is 0 Å². The summed E-state index contributed by atoms with van der Waals surface area (Å²) >= 11 is 5.48. The number of ketones is 1. The normalized spacial score (nSPS) is 10.6. The molecular weight excluding hydrogens is 214 g/mol. The molecule has 0 unspecified atom stereocenters. The van der Waals surface area contributed by atoms with Crippen LogP contribution >= 0.6 is 11.6 Å². The molecule has 5 heteroatoms. The van der Waals surface area contributed by atoms with E-state index in [1.54, 1.807) is 0 Å². The van der Waals surface area contributed by atoms with Gasteiger partial charge in [-0.05, 0) is 19.1 Å². The zero-order valence-corrected chi connectivity index (χ0v) is 7.98. The van der Waals surface area contributed by atoms with Crippen molar-refractivity contribution in [1.29, 1.82) is 0 Å². The Morgan fingerprint density at radius 2 is 2.07 bits per heavy atom. The molecule has 0 saturated carbocycles. The molecule has 0 saturated heterocycles. The quantitative estimate of drug-likeness (QED) is 0.778. The average Bonchev–Trinajstić information content (AvgIpc) is 2.01. The molecule has 1 N–H and O–H groups in total. The fourth-order valence-corrected chi connectivity index (χ4v) is 1.41. The highest BCUT2D eigenvalue weighted by Gasteiger charge is 2.20. The minimum Gasteiger partial charge on any atom is -0.508 e. The summed E-state index contributed by atoms with van der Waals surface area (Å²) in [6.07, 6.45) is -2.83. The second-order valence-corrected chi connectivity index (χ2v) is 3.15. The number of halogens is 3. The minimum absolute atomic E-state index is 0.245. The first-order valence-corrected chi connectivity index (χ1v) is 4.12. The Balaban J connectivity index is 3.44. The van der Waals surface area contributed by atoms with Gasteiger partial charge < -0.3 is 5.11 Å². The maximum atomic E-state index is 12.5. The van der Waals surface area contributed by atoms with Crippen LogP contribution in [0.25, 0.3) is 0 Å². The lowest BCUT2D eigenvalue weighted by Gasteiger charge is -2.08. The predicted octanol–water partition coefficient (Wildman–Crippen LogP) is 3.19. The third-order valence-electron chi connectivity index (χ3n) is 1.71. The Labute approximate surface area is 84.1 Å². The van der Waals surface area contributed by atoms with Crippen molar-refractivity contribution in [3.05, 3.63) is 28.3 Å². The van der Waals surface area contributed by atoms with E-state index in [0.717, 1.165) is 19.1 Å². The highest BCUT2D eigenvalue weighted by Crippen LogP contribution is 2.33. The van der Waals surface area contributed by atoms with Crippen LogP contribution in [0, 0.1) is 0 Å². The maximum absolute atomic E-state index is 12.5. The van der Waals surface area contributed by atoms with Crippen molar-refractivity contribution >= 4 is 17.4 Å². The minimum atomic E-state index is -2.83. The van der Waals surface area contributed by atoms with Crippen LogP contribution in [0.3, 0.4) is 0 Å². The number of Topliss-reactive ketones (excluding diaryl/α,β-unsaturated/α-hetero) is 1. The van der Waals surface area contributed by atoms with Gasteiger partial charge >= 0.3 is 0 Å². The van der Waals surface area contributed by atoms with Crippen molar-refractivity contribution < 1.29 is 18.7 Å². The number of phenols is 1. The molecular formula is C9H7ClF2O2. The van der Waals surface area contributed by atoms with E-state index in [9.17, 15) is 13.6 Å². The van der Waals surface area contributed by atoms with Gasteiger partial charge in [0.25, 0.3) is 6.43 Å². The molecule has 0 atom stereocenters. The van der Waals surface area contributed by atoms with Crippen LogP contribution in [-0.2, 0) is 0 Å². The maximum Gasteiger partial charge on any atom is 0.265 e. The predicted molar refractivity (Wildman–Crippen MR) is 48.1 cm³/mol. The number of alkyl halides is 2. The summed E-state index contributed by atoms with van der Waals surface area (Å²) in [5, 5.41) is 8.77. The number of aromatic hydroxyl groups is 1. The van der Waals surface area contributed by atoms with Crippen LogP contribution in [0.1, 0.15) is 29.3 Å². The molecule has 0 aliphatic carbocycles. The van der Waals surface area contributed by atoms with Crippen molar-refractivity contribution in [3.8, 4) is 5.75 Å². The van der Waals surface area contributed by atoms with E-state index in [1.807, 2.05) is 0 Å². The summed E-state index contributed by atoms with van der Waals surface area (Å²) in [7, 11) is 0. The van der Waals surface area contributed by atoms with Gasteiger partial charge in [0.15, 0.2) is 5.78 Å². The Kier molecular flexibility index (Phi) is 3.06. The van der Waals surface area contributed by atoms with E-state index in [4.69, 9.17) is 16.7 Å². The molecule has 1 rings (SSSR count). The van der Waals surface area contributed by atoms with Crippen LogP contribution in [0.5, 0.6) is 5.75 Å². The van der Waals surface area contributed by atoms with E-state index >= 15 is 0 Å². The van der Waals surface area contributed by atoms with Gasteiger partial charge in [-0.15, -0.1) is 0 Å². The molecule has 0 fully saturated rings. The number of carbonyl (C=O) groups is 1. The average molecular weight is 221 g/mol. The Morgan fingerprint density at radius 3 is 2.50 bits per heavy atom. The molecule has 0 bridgehead atoms. The van der Waals surface area contributed by atoms with Gasteiger partial charge in [0.2, 0.25) is 0 Å². The van der Waals surface area contributed by atoms with Crippen molar-refractivity contribution in [2.75, 3.05) is 0 Å². The summed E-state index contributed by atoms with van der Waals surface area (Å²) in [6, 6.07) is 1.96. The standard InChI is InChI=1S/C9H7ClF2O2/c1-4(13)6-2-5(14)3-7(10)8(6)9(11)12/h2-3,9,14H,1H3. The molecule has 2 nitrogen and oxygen atoms in total. The van der Waals surface area contributed by atoms with Gasteiger partial charge in [0, 0.05) is 11.1 Å². The van der Waals surface area contributed by atoms with E-state index in [0.29, 0.717) is 0 Å². The third kappa shape index (κ3) is 2.01. The molecule has 1 aromatic carbocycles. The van der Waals surface area contributed by atoms with Crippen LogP contribution in [0.2, 0.25) is 5.02 Å². The molecule has 0 aromatic heterocycles. The Bertz CT molecular complexity index is 377. The summed E-state index contributed by atoms with van der Waals surface area (Å²) in [6.45, 7) is 1.14. The summed E-state index contributed by atoms with van der Waals surface area (Å²) in [5.74, 6) is -0.859. The number of hydrogen-bond donors (Lipinski definition) is 1.